The molecule has 0 saturated heterocycles. The van der Waals surface area contributed by atoms with Gasteiger partial charge in [-0.2, -0.15) is 0 Å². The van der Waals surface area contributed by atoms with Crippen LogP contribution in [-0.2, 0) is 4.74 Å². The number of nitro groups is 1. The maximum absolute atomic E-state index is 12.8. The lowest BCUT2D eigenvalue weighted by molar-refractivity contribution is -0.384. The van der Waals surface area contributed by atoms with E-state index in [0.717, 1.165) is 17.4 Å². The van der Waals surface area contributed by atoms with E-state index in [9.17, 15) is 24.5 Å². The standard InChI is InChI=1S/C19H20ClN3O6S/c1-5-22(6-2)18(25)15-10(3)14(19(26)29-4)17(30-15)21-16(24)12-9-11(23(27)28)7-8-13(12)20/h7-9H,5-6H2,1-4H3,(H,21,24). The van der Waals surface area contributed by atoms with E-state index in [1.807, 2.05) is 13.8 Å². The lowest BCUT2D eigenvalue weighted by Gasteiger charge is -2.17. The normalized spacial score (nSPS) is 10.4. The Hall–Kier alpha value is -2.98. The molecule has 0 bridgehead atoms. The van der Waals surface area contributed by atoms with Gasteiger partial charge in [-0.25, -0.2) is 4.79 Å². The van der Waals surface area contributed by atoms with Gasteiger partial charge in [-0.3, -0.25) is 19.7 Å². The van der Waals surface area contributed by atoms with Crippen molar-refractivity contribution in [1.82, 2.24) is 4.90 Å². The number of nitrogens with one attached hydrogen (secondary N) is 1. The number of anilines is 1. The van der Waals surface area contributed by atoms with Crippen molar-refractivity contribution in [3.63, 3.8) is 0 Å². The number of carbonyl (C=O) groups excluding carboxylic acids is 3. The van der Waals surface area contributed by atoms with Gasteiger partial charge in [0.15, 0.2) is 0 Å². The molecule has 1 aromatic heterocycles. The molecule has 0 saturated carbocycles. The molecule has 9 nitrogen and oxygen atoms in total. The quantitative estimate of drug-likeness (QED) is 0.382. The fourth-order valence-electron chi connectivity index (χ4n) is 2.78. The number of nitro benzene ring substituents is 1. The van der Waals surface area contributed by atoms with Crippen molar-refractivity contribution in [2.24, 2.45) is 0 Å². The number of rotatable bonds is 7. The highest BCUT2D eigenvalue weighted by Crippen LogP contribution is 2.35. The van der Waals surface area contributed by atoms with Crippen molar-refractivity contribution in [1.29, 1.82) is 0 Å². The molecule has 0 aliphatic heterocycles. The summed E-state index contributed by atoms with van der Waals surface area (Å²) < 4.78 is 4.80. The zero-order valence-electron chi connectivity index (χ0n) is 16.8. The first-order chi connectivity index (χ1) is 14.2. The summed E-state index contributed by atoms with van der Waals surface area (Å²) in [4.78, 5) is 50.1. The van der Waals surface area contributed by atoms with Crippen LogP contribution in [0.3, 0.4) is 0 Å². The van der Waals surface area contributed by atoms with Crippen LogP contribution in [0.25, 0.3) is 0 Å². The molecule has 1 aromatic carbocycles. The van der Waals surface area contributed by atoms with Gasteiger partial charge in [-0.05, 0) is 32.4 Å². The third-order valence-electron chi connectivity index (χ3n) is 4.41. The minimum atomic E-state index is -0.753. The van der Waals surface area contributed by atoms with Gasteiger partial charge in [-0.15, -0.1) is 11.3 Å². The van der Waals surface area contributed by atoms with Crippen LogP contribution in [0.1, 0.15) is 49.8 Å². The van der Waals surface area contributed by atoms with Crippen LogP contribution >= 0.6 is 22.9 Å². The SMILES string of the molecule is CCN(CC)C(=O)c1sc(NC(=O)c2cc([N+](=O)[O-])ccc2Cl)c(C(=O)OC)c1C. The lowest BCUT2D eigenvalue weighted by Crippen LogP contribution is -2.30. The van der Waals surface area contributed by atoms with Gasteiger partial charge in [0.05, 0.1) is 33.1 Å². The minimum absolute atomic E-state index is 0.00503. The van der Waals surface area contributed by atoms with Crippen molar-refractivity contribution < 1.29 is 24.0 Å². The Bertz CT molecular complexity index is 1020. The summed E-state index contributed by atoms with van der Waals surface area (Å²) in [6.07, 6.45) is 0. The average molecular weight is 454 g/mol. The zero-order valence-corrected chi connectivity index (χ0v) is 18.3. The highest BCUT2D eigenvalue weighted by atomic mass is 35.5. The molecule has 0 radical (unpaired) electrons. The van der Waals surface area contributed by atoms with Crippen LogP contribution in [0.2, 0.25) is 5.02 Å². The number of amides is 2. The first kappa shape index (κ1) is 23.3. The van der Waals surface area contributed by atoms with Crippen molar-refractivity contribution >= 4 is 51.4 Å². The topological polar surface area (TPSA) is 119 Å². The number of nitrogens with zero attached hydrogens (tertiary/aromatic N) is 2. The van der Waals surface area contributed by atoms with E-state index in [4.69, 9.17) is 16.3 Å². The van der Waals surface area contributed by atoms with Gasteiger partial charge in [0.1, 0.15) is 5.00 Å². The van der Waals surface area contributed by atoms with Gasteiger partial charge >= 0.3 is 5.97 Å². The minimum Gasteiger partial charge on any atom is -0.465 e. The molecule has 0 aliphatic carbocycles. The highest BCUT2D eigenvalue weighted by molar-refractivity contribution is 7.18. The van der Waals surface area contributed by atoms with Crippen LogP contribution in [0.4, 0.5) is 10.7 Å². The molecule has 0 spiro atoms. The number of ether oxygens (including phenoxy) is 1. The number of thiophene rings is 1. The highest BCUT2D eigenvalue weighted by Gasteiger charge is 2.28. The Morgan fingerprint density at radius 3 is 2.43 bits per heavy atom. The molecule has 2 rings (SSSR count). The Morgan fingerprint density at radius 1 is 1.27 bits per heavy atom. The van der Waals surface area contributed by atoms with Gasteiger partial charge in [0.25, 0.3) is 17.5 Å². The molecule has 0 aliphatic rings. The second-order valence-corrected chi connectivity index (χ2v) is 7.53. The van der Waals surface area contributed by atoms with Crippen LogP contribution < -0.4 is 5.32 Å². The molecule has 1 heterocycles. The summed E-state index contributed by atoms with van der Waals surface area (Å²) in [5.41, 5.74) is -0.0149. The molecule has 1 N–H and O–H groups in total. The molecular weight excluding hydrogens is 434 g/mol. The summed E-state index contributed by atoms with van der Waals surface area (Å²) >= 11 is 6.96. The molecule has 0 atom stereocenters. The number of esters is 1. The van der Waals surface area contributed by atoms with Gasteiger partial charge < -0.3 is 15.0 Å². The molecule has 30 heavy (non-hydrogen) atoms. The molecule has 2 amide bonds. The van der Waals surface area contributed by atoms with E-state index in [0.29, 0.717) is 23.5 Å². The number of halogens is 1. The Morgan fingerprint density at radius 2 is 1.90 bits per heavy atom. The first-order valence-corrected chi connectivity index (χ1v) is 10.1. The molecule has 2 aromatic rings. The van der Waals surface area contributed by atoms with Crippen LogP contribution in [-0.4, -0.2) is 47.8 Å². The van der Waals surface area contributed by atoms with Crippen molar-refractivity contribution in [2.45, 2.75) is 20.8 Å². The van der Waals surface area contributed by atoms with E-state index in [-0.39, 0.29) is 32.7 Å². The second kappa shape index (κ2) is 9.68. The number of hydrogen-bond donors (Lipinski definition) is 1. The summed E-state index contributed by atoms with van der Waals surface area (Å²) in [6.45, 7) is 6.21. The van der Waals surface area contributed by atoms with Crippen molar-refractivity contribution in [3.8, 4) is 0 Å². The fraction of sp³-hybridized carbons (Fsp3) is 0.316. The Labute approximate surface area is 181 Å². The van der Waals surface area contributed by atoms with E-state index in [2.05, 4.69) is 5.32 Å². The Kier molecular flexibility index (Phi) is 7.52. The monoisotopic (exact) mass is 453 g/mol. The molecule has 11 heteroatoms. The van der Waals surface area contributed by atoms with E-state index >= 15 is 0 Å². The predicted octanol–water partition coefficient (Wildman–Crippen LogP) is 4.14. The van der Waals surface area contributed by atoms with Gasteiger partial charge in [0, 0.05) is 25.2 Å². The van der Waals surface area contributed by atoms with Crippen molar-refractivity contribution in [2.75, 3.05) is 25.5 Å². The van der Waals surface area contributed by atoms with Crippen LogP contribution in [0, 0.1) is 17.0 Å². The van der Waals surface area contributed by atoms with Crippen LogP contribution in [0.15, 0.2) is 18.2 Å². The summed E-state index contributed by atoms with van der Waals surface area (Å²) in [7, 11) is 1.19. The zero-order chi connectivity index (χ0) is 22.6. The smallest absolute Gasteiger partial charge is 0.341 e. The maximum Gasteiger partial charge on any atom is 0.341 e. The third-order valence-corrected chi connectivity index (χ3v) is 5.94. The molecule has 160 valence electrons. The number of hydrogen-bond acceptors (Lipinski definition) is 7. The lowest BCUT2D eigenvalue weighted by atomic mass is 10.1. The first-order valence-electron chi connectivity index (χ1n) is 8.92. The maximum atomic E-state index is 12.8. The fourth-order valence-corrected chi connectivity index (χ4v) is 4.14. The second-order valence-electron chi connectivity index (χ2n) is 6.10. The Balaban J connectivity index is 2.51. The van der Waals surface area contributed by atoms with E-state index in [1.165, 1.54) is 19.2 Å². The molecule has 0 fully saturated rings. The summed E-state index contributed by atoms with van der Waals surface area (Å²) in [5.74, 6) is -1.75. The van der Waals surface area contributed by atoms with Gasteiger partial charge in [0.2, 0.25) is 0 Å². The van der Waals surface area contributed by atoms with Gasteiger partial charge in [-0.1, -0.05) is 11.6 Å². The number of non-ortho nitro benzene ring substituents is 1. The van der Waals surface area contributed by atoms with E-state index in [1.54, 1.807) is 11.8 Å². The van der Waals surface area contributed by atoms with Crippen molar-refractivity contribution in [3.05, 3.63) is 54.9 Å². The predicted molar refractivity (Wildman–Crippen MR) is 114 cm³/mol. The third kappa shape index (κ3) is 4.60. The molecule has 0 unspecified atom stereocenters. The summed E-state index contributed by atoms with van der Waals surface area (Å²) in [6, 6.07) is 3.46. The van der Waals surface area contributed by atoms with E-state index < -0.39 is 16.8 Å². The number of benzene rings is 1. The average Bonchev–Trinajstić information content (AvgIpc) is 3.03. The summed E-state index contributed by atoms with van der Waals surface area (Å²) in [5, 5.41) is 13.6. The van der Waals surface area contributed by atoms with Crippen LogP contribution in [0.5, 0.6) is 0 Å². The largest absolute Gasteiger partial charge is 0.465 e. The number of methoxy groups -OCH3 is 1. The molecular formula is C19H20ClN3O6S. The number of carbonyl (C=O) groups is 3.